The first-order valence-corrected chi connectivity index (χ1v) is 7.66. The zero-order valence-electron chi connectivity index (χ0n) is 12.6. The lowest BCUT2D eigenvalue weighted by Crippen LogP contribution is -2.45. The molecule has 1 aliphatic rings. The lowest BCUT2D eigenvalue weighted by Gasteiger charge is -2.29. The number of carbonyl (C=O) groups excluding carboxylic acids is 1. The van der Waals surface area contributed by atoms with Crippen LogP contribution >= 0.6 is 0 Å². The van der Waals surface area contributed by atoms with Gasteiger partial charge in [-0.05, 0) is 25.0 Å². The maximum atomic E-state index is 12.5. The third-order valence-corrected chi connectivity index (χ3v) is 4.58. The molecule has 22 heavy (non-hydrogen) atoms. The van der Waals surface area contributed by atoms with Crippen molar-refractivity contribution in [1.29, 1.82) is 0 Å². The first kappa shape index (κ1) is 14.6. The number of fused-ring (bicyclic) bond motifs is 1. The molecule has 0 bridgehead atoms. The molecule has 0 spiro atoms. The van der Waals surface area contributed by atoms with Crippen LogP contribution in [-0.4, -0.2) is 27.6 Å². The molecule has 1 aliphatic carbocycles. The summed E-state index contributed by atoms with van der Waals surface area (Å²) >= 11 is 0. The van der Waals surface area contributed by atoms with Gasteiger partial charge in [-0.2, -0.15) is 0 Å². The van der Waals surface area contributed by atoms with E-state index in [2.05, 4.69) is 5.32 Å². The van der Waals surface area contributed by atoms with Gasteiger partial charge in [-0.25, -0.2) is 0 Å². The molecule has 116 valence electrons. The van der Waals surface area contributed by atoms with Crippen molar-refractivity contribution < 1.29 is 14.7 Å². The van der Waals surface area contributed by atoms with Crippen molar-refractivity contribution in [3.8, 4) is 0 Å². The van der Waals surface area contributed by atoms with Crippen molar-refractivity contribution in [2.24, 2.45) is 13.0 Å². The van der Waals surface area contributed by atoms with Gasteiger partial charge in [0.1, 0.15) is 5.69 Å². The van der Waals surface area contributed by atoms with Crippen molar-refractivity contribution in [2.75, 3.05) is 0 Å². The number of aromatic nitrogens is 1. The average Bonchev–Trinajstić information content (AvgIpc) is 2.85. The number of aryl methyl sites for hydroxylation is 1. The molecular formula is C17H20N2O3. The number of rotatable bonds is 3. The van der Waals surface area contributed by atoms with Gasteiger partial charge >= 0.3 is 5.97 Å². The molecule has 1 aromatic heterocycles. The number of benzene rings is 1. The number of nitrogens with zero attached hydrogens (tertiary/aromatic N) is 1. The fourth-order valence-corrected chi connectivity index (χ4v) is 3.35. The second kappa shape index (κ2) is 5.83. The van der Waals surface area contributed by atoms with Crippen LogP contribution in [0.1, 0.15) is 36.2 Å². The maximum Gasteiger partial charge on any atom is 0.308 e. The van der Waals surface area contributed by atoms with E-state index in [0.717, 1.165) is 30.2 Å². The Kier molecular flexibility index (Phi) is 3.88. The molecule has 1 fully saturated rings. The number of amides is 1. The van der Waals surface area contributed by atoms with Crippen LogP contribution in [0, 0.1) is 5.92 Å². The van der Waals surface area contributed by atoms with Crippen LogP contribution in [0.3, 0.4) is 0 Å². The molecular weight excluding hydrogens is 280 g/mol. The summed E-state index contributed by atoms with van der Waals surface area (Å²) < 4.78 is 1.85. The summed E-state index contributed by atoms with van der Waals surface area (Å²) in [5.41, 5.74) is 1.56. The lowest BCUT2D eigenvalue weighted by molar-refractivity contribution is -0.143. The van der Waals surface area contributed by atoms with Crippen LogP contribution in [0.15, 0.2) is 30.3 Å². The molecule has 0 aliphatic heterocycles. The van der Waals surface area contributed by atoms with E-state index in [4.69, 9.17) is 0 Å². The Balaban J connectivity index is 1.83. The molecule has 1 saturated carbocycles. The Morgan fingerprint density at radius 2 is 1.95 bits per heavy atom. The number of hydrogen-bond acceptors (Lipinski definition) is 2. The van der Waals surface area contributed by atoms with Crippen LogP contribution in [0.25, 0.3) is 10.9 Å². The van der Waals surface area contributed by atoms with Crippen LogP contribution in [-0.2, 0) is 11.8 Å². The van der Waals surface area contributed by atoms with Gasteiger partial charge in [0.25, 0.3) is 5.91 Å². The van der Waals surface area contributed by atoms with E-state index in [1.165, 1.54) is 0 Å². The molecule has 5 nitrogen and oxygen atoms in total. The number of aliphatic carboxylic acids is 1. The standard InChI is InChI=1S/C17H20N2O3/c1-19-14-9-5-2-6-11(14)10-15(19)16(20)18-13-8-4-3-7-12(13)17(21)22/h2,5-6,9-10,12-13H,3-4,7-8H2,1H3,(H,18,20)(H,21,22). The second-order valence-electron chi connectivity index (χ2n) is 5.96. The molecule has 1 aromatic carbocycles. The molecule has 2 atom stereocenters. The van der Waals surface area contributed by atoms with Gasteiger partial charge in [-0.15, -0.1) is 0 Å². The first-order valence-electron chi connectivity index (χ1n) is 7.66. The number of para-hydroxylation sites is 1. The minimum absolute atomic E-state index is 0.197. The topological polar surface area (TPSA) is 71.3 Å². The lowest BCUT2D eigenvalue weighted by atomic mass is 9.84. The largest absolute Gasteiger partial charge is 0.481 e. The van der Waals surface area contributed by atoms with E-state index in [-0.39, 0.29) is 11.9 Å². The highest BCUT2D eigenvalue weighted by atomic mass is 16.4. The number of carboxylic acids is 1. The molecule has 2 N–H and O–H groups in total. The summed E-state index contributed by atoms with van der Waals surface area (Å²) in [4.78, 5) is 23.9. The summed E-state index contributed by atoms with van der Waals surface area (Å²) in [6.45, 7) is 0. The fourth-order valence-electron chi connectivity index (χ4n) is 3.35. The van der Waals surface area contributed by atoms with E-state index >= 15 is 0 Å². The molecule has 2 aromatic rings. The zero-order chi connectivity index (χ0) is 15.7. The highest BCUT2D eigenvalue weighted by Crippen LogP contribution is 2.25. The van der Waals surface area contributed by atoms with Gasteiger partial charge in [0, 0.05) is 24.0 Å². The van der Waals surface area contributed by atoms with E-state index in [1.54, 1.807) is 0 Å². The predicted molar refractivity (Wildman–Crippen MR) is 83.8 cm³/mol. The highest BCUT2D eigenvalue weighted by molar-refractivity contribution is 5.99. The zero-order valence-corrected chi connectivity index (χ0v) is 12.6. The Morgan fingerprint density at radius 1 is 1.23 bits per heavy atom. The third-order valence-electron chi connectivity index (χ3n) is 4.58. The van der Waals surface area contributed by atoms with Crippen LogP contribution < -0.4 is 5.32 Å². The van der Waals surface area contributed by atoms with Gasteiger partial charge < -0.3 is 15.0 Å². The highest BCUT2D eigenvalue weighted by Gasteiger charge is 2.32. The molecule has 5 heteroatoms. The van der Waals surface area contributed by atoms with Crippen molar-refractivity contribution in [1.82, 2.24) is 9.88 Å². The molecule has 3 rings (SSSR count). The van der Waals surface area contributed by atoms with Crippen LogP contribution in [0.2, 0.25) is 0 Å². The van der Waals surface area contributed by atoms with Gasteiger partial charge in [-0.3, -0.25) is 9.59 Å². The number of carbonyl (C=O) groups is 2. The van der Waals surface area contributed by atoms with Crippen LogP contribution in [0.5, 0.6) is 0 Å². The Morgan fingerprint density at radius 3 is 2.68 bits per heavy atom. The summed E-state index contributed by atoms with van der Waals surface area (Å²) in [5, 5.41) is 13.2. The summed E-state index contributed by atoms with van der Waals surface area (Å²) in [5.74, 6) is -1.49. The van der Waals surface area contributed by atoms with Gasteiger partial charge in [-0.1, -0.05) is 31.0 Å². The van der Waals surface area contributed by atoms with Crippen molar-refractivity contribution >= 4 is 22.8 Å². The SMILES string of the molecule is Cn1c(C(=O)NC2CCCCC2C(=O)O)cc2ccccc21. The Bertz CT molecular complexity index is 720. The van der Waals surface area contributed by atoms with Gasteiger partial charge in [0.15, 0.2) is 0 Å². The van der Waals surface area contributed by atoms with Gasteiger partial charge in [0.2, 0.25) is 0 Å². The first-order chi connectivity index (χ1) is 10.6. The Labute approximate surface area is 128 Å². The summed E-state index contributed by atoms with van der Waals surface area (Å²) in [7, 11) is 1.85. The maximum absolute atomic E-state index is 12.5. The van der Waals surface area contributed by atoms with E-state index in [0.29, 0.717) is 12.1 Å². The molecule has 1 amide bonds. The van der Waals surface area contributed by atoms with Gasteiger partial charge in [0.05, 0.1) is 5.92 Å². The molecule has 0 radical (unpaired) electrons. The molecule has 0 saturated heterocycles. The fraction of sp³-hybridized carbons (Fsp3) is 0.412. The van der Waals surface area contributed by atoms with Crippen molar-refractivity contribution in [3.63, 3.8) is 0 Å². The number of hydrogen-bond donors (Lipinski definition) is 2. The molecule has 2 unspecified atom stereocenters. The van der Waals surface area contributed by atoms with Crippen molar-refractivity contribution in [3.05, 3.63) is 36.0 Å². The number of carboxylic acid groups (broad SMARTS) is 1. The minimum Gasteiger partial charge on any atom is -0.481 e. The van der Waals surface area contributed by atoms with Crippen molar-refractivity contribution in [2.45, 2.75) is 31.7 Å². The van der Waals surface area contributed by atoms with E-state index in [1.807, 2.05) is 41.9 Å². The minimum atomic E-state index is -0.818. The quantitative estimate of drug-likeness (QED) is 0.915. The van der Waals surface area contributed by atoms with Crippen LogP contribution in [0.4, 0.5) is 0 Å². The van der Waals surface area contributed by atoms with E-state index in [9.17, 15) is 14.7 Å². The third kappa shape index (κ3) is 2.58. The summed E-state index contributed by atoms with van der Waals surface area (Å²) in [6.07, 6.45) is 3.24. The second-order valence-corrected chi connectivity index (χ2v) is 5.96. The average molecular weight is 300 g/mol. The monoisotopic (exact) mass is 300 g/mol. The molecule has 1 heterocycles. The number of nitrogens with one attached hydrogen (secondary N) is 1. The smallest absolute Gasteiger partial charge is 0.308 e. The summed E-state index contributed by atoms with van der Waals surface area (Å²) in [6, 6.07) is 9.37. The normalized spacial score (nSPS) is 21.7. The van der Waals surface area contributed by atoms with E-state index < -0.39 is 11.9 Å². The Hall–Kier alpha value is -2.30. The predicted octanol–water partition coefficient (Wildman–Crippen LogP) is 2.55.